The number of unbranched alkanes of at least 4 members (excludes halogenated alkanes) is 5. The van der Waals surface area contributed by atoms with Crippen LogP contribution in [0.25, 0.3) is 0 Å². The largest absolute Gasteiger partial charge is 0.494 e. The molecule has 0 N–H and O–H groups in total. The van der Waals surface area contributed by atoms with Gasteiger partial charge in [-0.05, 0) is 61.2 Å². The Labute approximate surface area is 163 Å². The Morgan fingerprint density at radius 3 is 2.04 bits per heavy atom. The molecule has 0 bridgehead atoms. The van der Waals surface area contributed by atoms with Gasteiger partial charge in [0.25, 0.3) is 0 Å². The Morgan fingerprint density at radius 1 is 0.741 bits per heavy atom. The Hall–Kier alpha value is -2.29. The van der Waals surface area contributed by atoms with Gasteiger partial charge in [-0.3, -0.25) is 0 Å². The molecule has 0 amide bonds. The highest BCUT2D eigenvalue weighted by Crippen LogP contribution is 2.19. The maximum absolute atomic E-state index is 12.3. The molecule has 2 aromatic carbocycles. The summed E-state index contributed by atoms with van der Waals surface area (Å²) in [6.45, 7) is 5.12. The average Bonchev–Trinajstić information content (AvgIpc) is 2.70. The predicted octanol–water partition coefficient (Wildman–Crippen LogP) is 6.60. The average molecular weight is 369 g/mol. The molecule has 0 fully saturated rings. The molecule has 0 spiro atoms. The van der Waals surface area contributed by atoms with Gasteiger partial charge in [-0.25, -0.2) is 4.79 Å². The molecule has 2 rings (SSSR count). The lowest BCUT2D eigenvalue weighted by molar-refractivity contribution is 0.0734. The van der Waals surface area contributed by atoms with E-state index in [1.165, 1.54) is 37.7 Å². The third kappa shape index (κ3) is 7.86. The van der Waals surface area contributed by atoms with Gasteiger partial charge >= 0.3 is 5.97 Å². The maximum Gasteiger partial charge on any atom is 0.343 e. The molecule has 0 heterocycles. The van der Waals surface area contributed by atoms with Crippen LogP contribution >= 0.6 is 0 Å². The minimum absolute atomic E-state index is 0.332. The molecular weight excluding hydrogens is 336 g/mol. The number of esters is 1. The van der Waals surface area contributed by atoms with Gasteiger partial charge in [0.2, 0.25) is 0 Å². The summed E-state index contributed by atoms with van der Waals surface area (Å²) in [6.07, 6.45) is 9.48. The first kappa shape index (κ1) is 21.0. The van der Waals surface area contributed by atoms with Gasteiger partial charge in [0.1, 0.15) is 11.5 Å². The first-order valence-electron chi connectivity index (χ1n) is 10.3. The summed E-state index contributed by atoms with van der Waals surface area (Å²) in [4.78, 5) is 12.3. The molecule has 0 aromatic heterocycles. The van der Waals surface area contributed by atoms with Crippen LogP contribution in [-0.4, -0.2) is 12.6 Å². The molecule has 2 aromatic rings. The molecule has 0 saturated carbocycles. The van der Waals surface area contributed by atoms with Crippen molar-refractivity contribution >= 4 is 5.97 Å². The first-order chi connectivity index (χ1) is 13.2. The summed E-state index contributed by atoms with van der Waals surface area (Å²) in [7, 11) is 0. The molecule has 146 valence electrons. The summed E-state index contributed by atoms with van der Waals surface area (Å²) < 4.78 is 11.2. The molecule has 3 nitrogen and oxygen atoms in total. The zero-order valence-electron chi connectivity index (χ0n) is 16.7. The third-order valence-electron chi connectivity index (χ3n) is 4.56. The van der Waals surface area contributed by atoms with Crippen molar-refractivity contribution in [2.24, 2.45) is 0 Å². The van der Waals surface area contributed by atoms with Gasteiger partial charge < -0.3 is 9.47 Å². The van der Waals surface area contributed by atoms with E-state index in [-0.39, 0.29) is 5.97 Å². The fourth-order valence-corrected chi connectivity index (χ4v) is 2.85. The zero-order valence-corrected chi connectivity index (χ0v) is 16.7. The van der Waals surface area contributed by atoms with E-state index in [1.54, 1.807) is 12.1 Å². The van der Waals surface area contributed by atoms with Crippen molar-refractivity contribution < 1.29 is 14.3 Å². The lowest BCUT2D eigenvalue weighted by Crippen LogP contribution is -2.08. The predicted molar refractivity (Wildman–Crippen MR) is 111 cm³/mol. The quantitative estimate of drug-likeness (QED) is 0.240. The van der Waals surface area contributed by atoms with Crippen LogP contribution in [-0.2, 0) is 6.42 Å². The highest BCUT2D eigenvalue weighted by atomic mass is 16.5. The van der Waals surface area contributed by atoms with E-state index in [2.05, 4.69) is 13.8 Å². The summed E-state index contributed by atoms with van der Waals surface area (Å²) >= 11 is 0. The van der Waals surface area contributed by atoms with E-state index < -0.39 is 0 Å². The minimum atomic E-state index is -0.332. The Bertz CT molecular complexity index is 659. The molecule has 27 heavy (non-hydrogen) atoms. The molecular formula is C24H32O3. The molecule has 0 aliphatic heterocycles. The van der Waals surface area contributed by atoms with Crippen LogP contribution in [0.3, 0.4) is 0 Å². The van der Waals surface area contributed by atoms with E-state index in [1.807, 2.05) is 36.4 Å². The second-order valence-corrected chi connectivity index (χ2v) is 6.92. The van der Waals surface area contributed by atoms with Crippen LogP contribution in [0, 0.1) is 0 Å². The second-order valence-electron chi connectivity index (χ2n) is 6.92. The van der Waals surface area contributed by atoms with Crippen molar-refractivity contribution in [3.63, 3.8) is 0 Å². The fourth-order valence-electron chi connectivity index (χ4n) is 2.85. The molecule has 0 aliphatic rings. The van der Waals surface area contributed by atoms with E-state index in [0.29, 0.717) is 11.3 Å². The van der Waals surface area contributed by atoms with Gasteiger partial charge in [0.15, 0.2) is 0 Å². The topological polar surface area (TPSA) is 35.5 Å². The lowest BCUT2D eigenvalue weighted by Gasteiger charge is -2.08. The van der Waals surface area contributed by atoms with Crippen LogP contribution in [0.15, 0.2) is 48.5 Å². The highest BCUT2D eigenvalue weighted by molar-refractivity contribution is 5.91. The minimum Gasteiger partial charge on any atom is -0.494 e. The van der Waals surface area contributed by atoms with Crippen LogP contribution < -0.4 is 9.47 Å². The van der Waals surface area contributed by atoms with Crippen LogP contribution in [0.1, 0.15) is 74.7 Å². The standard InChI is InChI=1S/C24H32O3/c1-3-5-7-8-9-19-26-22-15-17-23(18-16-22)27-24(25)21-13-11-20(12-14-21)10-6-4-2/h11-18H,3-10,19H2,1-2H3. The van der Waals surface area contributed by atoms with Crippen molar-refractivity contribution in [3.05, 3.63) is 59.7 Å². The number of benzene rings is 2. The van der Waals surface area contributed by atoms with E-state index in [4.69, 9.17) is 9.47 Å². The Kier molecular flexibility index (Phi) is 9.47. The van der Waals surface area contributed by atoms with Gasteiger partial charge in [0.05, 0.1) is 12.2 Å². The van der Waals surface area contributed by atoms with Gasteiger partial charge in [-0.2, -0.15) is 0 Å². The smallest absolute Gasteiger partial charge is 0.343 e. The van der Waals surface area contributed by atoms with Crippen molar-refractivity contribution in [2.45, 2.75) is 65.2 Å². The number of aryl methyl sites for hydroxylation is 1. The zero-order chi connectivity index (χ0) is 19.3. The van der Waals surface area contributed by atoms with Crippen molar-refractivity contribution in [3.8, 4) is 11.5 Å². The molecule has 3 heteroatoms. The molecule has 0 aliphatic carbocycles. The van der Waals surface area contributed by atoms with Crippen LogP contribution in [0.2, 0.25) is 0 Å². The SMILES string of the molecule is CCCCCCCOc1ccc(OC(=O)c2ccc(CCCC)cc2)cc1. The van der Waals surface area contributed by atoms with Crippen molar-refractivity contribution in [1.82, 2.24) is 0 Å². The maximum atomic E-state index is 12.3. The number of hydrogen-bond donors (Lipinski definition) is 0. The summed E-state index contributed by atoms with van der Waals surface area (Å²) in [5, 5.41) is 0. The van der Waals surface area contributed by atoms with Crippen LogP contribution in [0.4, 0.5) is 0 Å². The van der Waals surface area contributed by atoms with Gasteiger partial charge in [-0.1, -0.05) is 58.1 Å². The molecule has 0 saturated heterocycles. The van der Waals surface area contributed by atoms with Gasteiger partial charge in [-0.15, -0.1) is 0 Å². The highest BCUT2D eigenvalue weighted by Gasteiger charge is 2.08. The normalized spacial score (nSPS) is 10.6. The first-order valence-corrected chi connectivity index (χ1v) is 10.3. The van der Waals surface area contributed by atoms with E-state index in [0.717, 1.165) is 31.6 Å². The molecule has 0 unspecified atom stereocenters. The fraction of sp³-hybridized carbons (Fsp3) is 0.458. The van der Waals surface area contributed by atoms with Crippen molar-refractivity contribution in [2.75, 3.05) is 6.61 Å². The van der Waals surface area contributed by atoms with Crippen LogP contribution in [0.5, 0.6) is 11.5 Å². The summed E-state index contributed by atoms with van der Waals surface area (Å²) in [5.41, 5.74) is 1.83. The monoisotopic (exact) mass is 368 g/mol. The number of carbonyl (C=O) groups is 1. The number of carbonyl (C=O) groups excluding carboxylic acids is 1. The van der Waals surface area contributed by atoms with E-state index >= 15 is 0 Å². The van der Waals surface area contributed by atoms with Crippen molar-refractivity contribution in [1.29, 1.82) is 0 Å². The third-order valence-corrected chi connectivity index (χ3v) is 4.56. The van der Waals surface area contributed by atoms with E-state index in [9.17, 15) is 4.79 Å². The number of rotatable bonds is 12. The number of hydrogen-bond acceptors (Lipinski definition) is 3. The number of ether oxygens (including phenoxy) is 2. The molecule has 0 atom stereocenters. The summed E-state index contributed by atoms with van der Waals surface area (Å²) in [6, 6.07) is 14.9. The Morgan fingerprint density at radius 2 is 1.37 bits per heavy atom. The lowest BCUT2D eigenvalue weighted by atomic mass is 10.1. The second kappa shape index (κ2) is 12.2. The molecule has 0 radical (unpaired) electrons. The summed E-state index contributed by atoms with van der Waals surface area (Å²) in [5.74, 6) is 1.01. The van der Waals surface area contributed by atoms with Gasteiger partial charge in [0, 0.05) is 0 Å². The Balaban J connectivity index is 1.77.